The van der Waals surface area contributed by atoms with Crippen LogP contribution in [0.4, 0.5) is 10.1 Å². The highest BCUT2D eigenvalue weighted by atomic mass is 79.9. The summed E-state index contributed by atoms with van der Waals surface area (Å²) >= 11 is 8.81. The molecule has 0 aliphatic rings. The van der Waals surface area contributed by atoms with Gasteiger partial charge in [0.2, 0.25) is 0 Å². The van der Waals surface area contributed by atoms with Crippen molar-refractivity contribution in [2.75, 3.05) is 19.0 Å². The van der Waals surface area contributed by atoms with Gasteiger partial charge >= 0.3 is 5.97 Å². The highest BCUT2D eigenvalue weighted by Crippen LogP contribution is 2.18. The van der Waals surface area contributed by atoms with Crippen molar-refractivity contribution in [3.05, 3.63) is 29.0 Å². The van der Waals surface area contributed by atoms with E-state index in [4.69, 9.17) is 11.6 Å². The maximum atomic E-state index is 12.9. The molecule has 1 unspecified atom stereocenters. The van der Waals surface area contributed by atoms with Crippen molar-refractivity contribution in [1.82, 2.24) is 0 Å². The van der Waals surface area contributed by atoms with E-state index in [1.54, 1.807) is 6.07 Å². The fourth-order valence-electron chi connectivity index (χ4n) is 1.07. The van der Waals surface area contributed by atoms with E-state index in [9.17, 15) is 9.18 Å². The zero-order chi connectivity index (χ0) is 12.1. The van der Waals surface area contributed by atoms with Gasteiger partial charge in [-0.2, -0.15) is 0 Å². The van der Waals surface area contributed by atoms with Gasteiger partial charge in [0.1, 0.15) is 10.6 Å². The van der Waals surface area contributed by atoms with Crippen LogP contribution in [0.5, 0.6) is 0 Å². The summed E-state index contributed by atoms with van der Waals surface area (Å²) in [5.74, 6) is -0.825. The maximum absolute atomic E-state index is 12.9. The van der Waals surface area contributed by atoms with Crippen LogP contribution in [-0.2, 0) is 9.53 Å². The summed E-state index contributed by atoms with van der Waals surface area (Å²) in [6.07, 6.45) is 0. The quantitative estimate of drug-likeness (QED) is 0.686. The number of carbonyl (C=O) groups excluding carboxylic acids is 1. The number of rotatable bonds is 4. The lowest BCUT2D eigenvalue weighted by Gasteiger charge is -2.10. The first-order valence-electron chi connectivity index (χ1n) is 4.45. The molecular weight excluding hydrogens is 300 g/mol. The minimum absolute atomic E-state index is 0.284. The van der Waals surface area contributed by atoms with Gasteiger partial charge < -0.3 is 10.1 Å². The zero-order valence-corrected chi connectivity index (χ0v) is 10.8. The number of esters is 1. The lowest BCUT2D eigenvalue weighted by molar-refractivity contribution is -0.139. The van der Waals surface area contributed by atoms with Crippen LogP contribution in [0.3, 0.4) is 0 Å². The molecule has 3 nitrogen and oxygen atoms in total. The van der Waals surface area contributed by atoms with Crippen LogP contribution in [0.1, 0.15) is 0 Å². The van der Waals surface area contributed by atoms with Gasteiger partial charge in [-0.15, -0.1) is 0 Å². The highest BCUT2D eigenvalue weighted by molar-refractivity contribution is 9.10. The van der Waals surface area contributed by atoms with E-state index in [2.05, 4.69) is 26.0 Å². The molecular formula is C10H10BrClFNO2. The molecule has 1 atom stereocenters. The van der Waals surface area contributed by atoms with Crippen LogP contribution in [0.2, 0.25) is 5.02 Å². The SMILES string of the molecule is COC(=O)C(Br)CNc1cc(F)cc(Cl)c1. The van der Waals surface area contributed by atoms with E-state index in [1.165, 1.54) is 19.2 Å². The Morgan fingerprint density at radius 2 is 2.31 bits per heavy atom. The van der Waals surface area contributed by atoms with Gasteiger partial charge in [-0.1, -0.05) is 27.5 Å². The van der Waals surface area contributed by atoms with E-state index in [-0.39, 0.29) is 6.54 Å². The molecule has 16 heavy (non-hydrogen) atoms. The molecule has 0 saturated heterocycles. The van der Waals surface area contributed by atoms with E-state index in [1.807, 2.05) is 0 Å². The van der Waals surface area contributed by atoms with Crippen LogP contribution in [0, 0.1) is 5.82 Å². The van der Waals surface area contributed by atoms with E-state index in [0.717, 1.165) is 0 Å². The summed E-state index contributed by atoms with van der Waals surface area (Å²) in [5.41, 5.74) is 0.512. The molecule has 0 saturated carbocycles. The number of nitrogens with one attached hydrogen (secondary N) is 1. The predicted octanol–water partition coefficient (Wildman–Crippen LogP) is 2.83. The second-order valence-electron chi connectivity index (χ2n) is 3.03. The third kappa shape index (κ3) is 3.98. The van der Waals surface area contributed by atoms with Crippen LogP contribution < -0.4 is 5.32 Å². The summed E-state index contributed by atoms with van der Waals surface area (Å²) in [7, 11) is 1.30. The molecule has 1 rings (SSSR count). The number of methoxy groups -OCH3 is 1. The van der Waals surface area contributed by atoms with E-state index in [0.29, 0.717) is 10.7 Å². The van der Waals surface area contributed by atoms with Crippen LogP contribution >= 0.6 is 27.5 Å². The van der Waals surface area contributed by atoms with Crippen LogP contribution in [0.25, 0.3) is 0 Å². The van der Waals surface area contributed by atoms with Gasteiger partial charge in [0.05, 0.1) is 7.11 Å². The lowest BCUT2D eigenvalue weighted by Crippen LogP contribution is -2.24. The molecule has 1 N–H and O–H groups in total. The van der Waals surface area contributed by atoms with Crippen molar-refractivity contribution < 1.29 is 13.9 Å². The highest BCUT2D eigenvalue weighted by Gasteiger charge is 2.14. The number of hydrogen-bond acceptors (Lipinski definition) is 3. The number of benzene rings is 1. The second-order valence-corrected chi connectivity index (χ2v) is 4.57. The van der Waals surface area contributed by atoms with Gasteiger partial charge in [0.15, 0.2) is 0 Å². The molecule has 0 radical (unpaired) electrons. The van der Waals surface area contributed by atoms with Gasteiger partial charge in [0.25, 0.3) is 0 Å². The summed E-state index contributed by atoms with van der Waals surface area (Å²) in [6.45, 7) is 0.284. The van der Waals surface area contributed by atoms with Crippen molar-refractivity contribution in [1.29, 1.82) is 0 Å². The molecule has 6 heteroatoms. The third-order valence-electron chi connectivity index (χ3n) is 1.80. The summed E-state index contributed by atoms with van der Waals surface area (Å²) in [5, 5.41) is 3.17. The second kappa shape index (κ2) is 6.06. The molecule has 1 aromatic rings. The van der Waals surface area contributed by atoms with Crippen molar-refractivity contribution in [3.63, 3.8) is 0 Å². The average Bonchev–Trinajstić information content (AvgIpc) is 2.23. The smallest absolute Gasteiger partial charge is 0.321 e. The van der Waals surface area contributed by atoms with E-state index >= 15 is 0 Å². The number of carbonyl (C=O) groups is 1. The Balaban J connectivity index is 2.57. The Kier molecular flexibility index (Phi) is 5.02. The molecule has 1 aromatic carbocycles. The number of anilines is 1. The molecule has 0 bridgehead atoms. The molecule has 0 aromatic heterocycles. The monoisotopic (exact) mass is 309 g/mol. The number of ether oxygens (including phenoxy) is 1. The van der Waals surface area contributed by atoms with Gasteiger partial charge in [-0.05, 0) is 18.2 Å². The Morgan fingerprint density at radius 3 is 2.88 bits per heavy atom. The Bertz CT molecular complexity index is 369. The standard InChI is InChI=1S/C10H10BrClFNO2/c1-16-10(15)9(11)5-14-8-3-6(12)2-7(13)4-8/h2-4,9,14H,5H2,1H3. The number of alkyl halides is 1. The largest absolute Gasteiger partial charge is 0.468 e. The fraction of sp³-hybridized carbons (Fsp3) is 0.300. The molecule has 0 heterocycles. The molecule has 0 aliphatic heterocycles. The first kappa shape index (κ1) is 13.3. The van der Waals surface area contributed by atoms with E-state index < -0.39 is 16.6 Å². The predicted molar refractivity (Wildman–Crippen MR) is 64.6 cm³/mol. The van der Waals surface area contributed by atoms with Crippen molar-refractivity contribution in [2.45, 2.75) is 4.83 Å². The zero-order valence-electron chi connectivity index (χ0n) is 8.47. The fourth-order valence-corrected chi connectivity index (χ4v) is 1.65. The van der Waals surface area contributed by atoms with Crippen molar-refractivity contribution in [3.8, 4) is 0 Å². The minimum Gasteiger partial charge on any atom is -0.468 e. The maximum Gasteiger partial charge on any atom is 0.321 e. The summed E-state index contributed by atoms with van der Waals surface area (Å²) in [6, 6.07) is 4.07. The number of hydrogen-bond donors (Lipinski definition) is 1. The van der Waals surface area contributed by atoms with Crippen LogP contribution in [-0.4, -0.2) is 24.5 Å². The average molecular weight is 311 g/mol. The minimum atomic E-state index is -0.487. The molecule has 0 fully saturated rings. The lowest BCUT2D eigenvalue weighted by atomic mass is 10.3. The van der Waals surface area contributed by atoms with Crippen molar-refractivity contribution >= 4 is 39.2 Å². The third-order valence-corrected chi connectivity index (χ3v) is 2.72. The number of halogens is 3. The van der Waals surface area contributed by atoms with Crippen LogP contribution in [0.15, 0.2) is 18.2 Å². The molecule has 0 spiro atoms. The van der Waals surface area contributed by atoms with Gasteiger partial charge in [-0.25, -0.2) is 4.39 Å². The van der Waals surface area contributed by atoms with Gasteiger partial charge in [-0.3, -0.25) is 4.79 Å². The molecule has 0 amide bonds. The first-order chi connectivity index (χ1) is 7.52. The Labute approximate surface area is 106 Å². The first-order valence-corrected chi connectivity index (χ1v) is 5.74. The van der Waals surface area contributed by atoms with Crippen molar-refractivity contribution in [2.24, 2.45) is 0 Å². The summed E-state index contributed by atoms with van der Waals surface area (Å²) in [4.78, 5) is 10.6. The van der Waals surface area contributed by atoms with Gasteiger partial charge in [0, 0.05) is 17.3 Å². The normalized spacial score (nSPS) is 12.0. The molecule has 88 valence electrons. The molecule has 0 aliphatic carbocycles. The Hall–Kier alpha value is -0.810. The summed E-state index contributed by atoms with van der Waals surface area (Å²) < 4.78 is 17.5. The Morgan fingerprint density at radius 1 is 1.62 bits per heavy atom. The topological polar surface area (TPSA) is 38.3 Å².